The molecule has 0 spiro atoms. The number of aromatic nitrogens is 2. The predicted molar refractivity (Wildman–Crippen MR) is 264 cm³/mol. The van der Waals surface area contributed by atoms with Crippen molar-refractivity contribution in [1.29, 1.82) is 0 Å². The van der Waals surface area contributed by atoms with Gasteiger partial charge in [0.05, 0.1) is 30.1 Å². The number of likely N-dealkylation sites (tertiary alicyclic amines) is 1. The molecule has 2 saturated heterocycles. The fourth-order valence-corrected chi connectivity index (χ4v) is 9.33. The average molecular weight is 920 g/mol. The quantitative estimate of drug-likeness (QED) is 0.0688. The van der Waals surface area contributed by atoms with E-state index in [1.807, 2.05) is 57.8 Å². The van der Waals surface area contributed by atoms with Crippen LogP contribution in [0.15, 0.2) is 73.4 Å². The summed E-state index contributed by atoms with van der Waals surface area (Å²) < 4.78 is 13.4. The van der Waals surface area contributed by atoms with Crippen LogP contribution in [-0.4, -0.2) is 120 Å². The highest BCUT2D eigenvalue weighted by Gasteiger charge is 2.33. The van der Waals surface area contributed by atoms with Gasteiger partial charge in [0.25, 0.3) is 12.4 Å². The van der Waals surface area contributed by atoms with Crippen LogP contribution < -0.4 is 10.7 Å². The molecule has 2 aliphatic rings. The minimum atomic E-state index is -0.732. The van der Waals surface area contributed by atoms with Crippen molar-refractivity contribution in [3.05, 3.63) is 90.3 Å². The Morgan fingerprint density at radius 1 is 1.03 bits per heavy atom. The molecule has 2 aliphatic heterocycles. The van der Waals surface area contributed by atoms with Gasteiger partial charge in [0.2, 0.25) is 11.8 Å². The number of methoxy groups -OCH3 is 1. The maximum Gasteiger partial charge on any atom is 0.293 e. The maximum absolute atomic E-state index is 14.0. The summed E-state index contributed by atoms with van der Waals surface area (Å²) in [7, 11) is 3.65. The monoisotopic (exact) mass is 920 g/mol. The standard InChI is InChI=1S/C45H62N6O5.C8H11NO2/c1-10-49(8)41(30(3)4)43(53)48-38(44(54)51-23-13-12-22-47-51)25-32-16-14-17-33(24-32)34-19-20-39-36(26-34)37(27-45(6,7)28-56-29-52)42(50(39)11-2)35-18-15-21-46-40(35)31(5)55-9;1-2-8(11)9-4-3-7(5-9)6-10/h14-21,24,26,29-31,38,41,47H,10-13,22-23,25,27-28H2,1-9H3,(H,48,53);2,6-7H,1,3-5H2. The molecule has 4 heterocycles. The van der Waals surface area contributed by atoms with Gasteiger partial charge < -0.3 is 29.1 Å². The number of hydrazine groups is 1. The van der Waals surface area contributed by atoms with Gasteiger partial charge in [-0.3, -0.25) is 34.1 Å². The number of benzene rings is 2. The molecule has 0 radical (unpaired) electrons. The number of pyridine rings is 1. The Labute approximate surface area is 397 Å². The summed E-state index contributed by atoms with van der Waals surface area (Å²) in [5.74, 6) is -0.217. The first kappa shape index (κ1) is 52.3. The van der Waals surface area contributed by atoms with Crippen molar-refractivity contribution in [2.75, 3.05) is 53.5 Å². The molecule has 362 valence electrons. The number of ether oxygens (including phenoxy) is 2. The third-order valence-electron chi connectivity index (χ3n) is 13.0. The van der Waals surface area contributed by atoms with Crippen molar-refractivity contribution in [2.24, 2.45) is 17.3 Å². The van der Waals surface area contributed by atoms with Gasteiger partial charge in [-0.2, -0.15) is 0 Å². The fourth-order valence-electron chi connectivity index (χ4n) is 9.33. The van der Waals surface area contributed by atoms with E-state index in [0.717, 1.165) is 95.3 Å². The van der Waals surface area contributed by atoms with Crippen molar-refractivity contribution >= 4 is 41.4 Å². The molecule has 14 heteroatoms. The van der Waals surface area contributed by atoms with E-state index in [-0.39, 0.29) is 53.7 Å². The van der Waals surface area contributed by atoms with Crippen LogP contribution in [0.1, 0.15) is 90.7 Å². The van der Waals surface area contributed by atoms with Gasteiger partial charge in [0, 0.05) is 80.3 Å². The largest absolute Gasteiger partial charge is 0.467 e. The van der Waals surface area contributed by atoms with Crippen LogP contribution in [0.3, 0.4) is 0 Å². The molecule has 0 bridgehead atoms. The molecule has 3 amide bonds. The minimum absolute atomic E-state index is 0.0406. The molecule has 4 atom stereocenters. The lowest BCUT2D eigenvalue weighted by atomic mass is 9.84. The maximum atomic E-state index is 14.0. The van der Waals surface area contributed by atoms with E-state index in [1.165, 1.54) is 6.08 Å². The Bertz CT molecular complexity index is 2330. The van der Waals surface area contributed by atoms with Gasteiger partial charge in [0.15, 0.2) is 0 Å². The number of fused-ring (bicyclic) bond motifs is 1. The van der Waals surface area contributed by atoms with Gasteiger partial charge in [-0.1, -0.05) is 71.5 Å². The van der Waals surface area contributed by atoms with Crippen LogP contribution in [0.25, 0.3) is 33.3 Å². The molecule has 0 saturated carbocycles. The highest BCUT2D eigenvalue weighted by atomic mass is 16.5. The Balaban J connectivity index is 0.000000669. The SMILES string of the molecule is C=CC(=O)N1CCC(C=O)C1.CCN(C)C(C(=O)NC(Cc1cccc(-c2ccc3c(c2)c(CC(C)(C)COC=O)c(-c2cccnc2C(C)OC)n3CC)c1)C(=O)N1CCCCN1)C(C)C. The number of carbonyl (C=O) groups is 5. The third kappa shape index (κ3) is 13.1. The van der Waals surface area contributed by atoms with E-state index in [2.05, 4.69) is 79.1 Å². The number of aldehydes is 1. The first-order chi connectivity index (χ1) is 32.1. The number of hydrogen-bond acceptors (Lipinski definition) is 10. The highest BCUT2D eigenvalue weighted by Crippen LogP contribution is 2.42. The molecule has 2 fully saturated rings. The summed E-state index contributed by atoms with van der Waals surface area (Å²) in [6.45, 7) is 22.7. The number of nitrogens with zero attached hydrogens (tertiary/aromatic N) is 5. The summed E-state index contributed by atoms with van der Waals surface area (Å²) >= 11 is 0. The minimum Gasteiger partial charge on any atom is -0.467 e. The second kappa shape index (κ2) is 24.4. The summed E-state index contributed by atoms with van der Waals surface area (Å²) in [6.07, 6.45) is 7.51. The molecule has 0 aliphatic carbocycles. The van der Waals surface area contributed by atoms with Crippen LogP contribution in [0.5, 0.6) is 0 Å². The second-order valence-corrected chi connectivity index (χ2v) is 18.9. The summed E-state index contributed by atoms with van der Waals surface area (Å²) in [4.78, 5) is 68.9. The molecule has 2 aromatic carbocycles. The molecule has 2 aromatic heterocycles. The topological polar surface area (TPSA) is 155 Å². The molecule has 6 rings (SSSR count). The van der Waals surface area contributed by atoms with E-state index in [9.17, 15) is 24.0 Å². The van der Waals surface area contributed by atoms with Gasteiger partial charge in [-0.25, -0.2) is 5.43 Å². The van der Waals surface area contributed by atoms with E-state index in [0.29, 0.717) is 38.9 Å². The molecule has 14 nitrogen and oxygen atoms in total. The van der Waals surface area contributed by atoms with Gasteiger partial charge in [0.1, 0.15) is 12.3 Å². The zero-order chi connectivity index (χ0) is 48.8. The van der Waals surface area contributed by atoms with E-state index in [4.69, 9.17) is 14.5 Å². The van der Waals surface area contributed by atoms with Crippen LogP contribution in [0.4, 0.5) is 0 Å². The van der Waals surface area contributed by atoms with E-state index < -0.39 is 6.04 Å². The Kier molecular flexibility index (Phi) is 19.0. The molecular formula is C53H73N7O7. The van der Waals surface area contributed by atoms with E-state index in [1.54, 1.807) is 23.2 Å². The van der Waals surface area contributed by atoms with Gasteiger partial charge >= 0.3 is 0 Å². The number of carbonyl (C=O) groups excluding carboxylic acids is 5. The third-order valence-corrected chi connectivity index (χ3v) is 13.0. The number of nitrogens with one attached hydrogen (secondary N) is 2. The number of hydrogen-bond donors (Lipinski definition) is 2. The molecule has 4 aromatic rings. The molecule has 67 heavy (non-hydrogen) atoms. The van der Waals surface area contributed by atoms with Crippen molar-refractivity contribution < 1.29 is 33.4 Å². The lowest BCUT2D eigenvalue weighted by molar-refractivity contribution is -0.141. The van der Waals surface area contributed by atoms with Crippen LogP contribution in [-0.2, 0) is 52.8 Å². The normalized spacial score (nSPS) is 16.6. The van der Waals surface area contributed by atoms with Crippen LogP contribution in [0.2, 0.25) is 0 Å². The number of amides is 3. The first-order valence-electron chi connectivity index (χ1n) is 23.8. The second-order valence-electron chi connectivity index (χ2n) is 18.9. The van der Waals surface area contributed by atoms with Gasteiger partial charge in [-0.05, 0) is 112 Å². The van der Waals surface area contributed by atoms with Crippen molar-refractivity contribution in [3.63, 3.8) is 0 Å². The van der Waals surface area contributed by atoms with Crippen molar-refractivity contribution in [2.45, 2.75) is 105 Å². The number of rotatable bonds is 20. The number of likely N-dealkylation sites (N-methyl/N-ethyl adjacent to an activating group) is 1. The Hall–Kier alpha value is -5.70. The van der Waals surface area contributed by atoms with Crippen molar-refractivity contribution in [3.8, 4) is 22.4 Å². The highest BCUT2D eigenvalue weighted by molar-refractivity contribution is 5.95. The molecule has 2 N–H and O–H groups in total. The van der Waals surface area contributed by atoms with E-state index >= 15 is 0 Å². The predicted octanol–water partition coefficient (Wildman–Crippen LogP) is 7.19. The first-order valence-corrected chi connectivity index (χ1v) is 23.8. The van der Waals surface area contributed by atoms with Crippen LogP contribution >= 0.6 is 0 Å². The molecular weight excluding hydrogens is 847 g/mol. The number of aryl methyl sites for hydroxylation is 1. The Morgan fingerprint density at radius 3 is 2.42 bits per heavy atom. The average Bonchev–Trinajstić information content (AvgIpc) is 3.95. The summed E-state index contributed by atoms with van der Waals surface area (Å²) in [5.41, 5.74) is 11.1. The zero-order valence-electron chi connectivity index (χ0n) is 41.2. The van der Waals surface area contributed by atoms with Crippen molar-refractivity contribution in [1.82, 2.24) is 35.1 Å². The summed E-state index contributed by atoms with van der Waals surface area (Å²) in [6, 6.07) is 17.9. The zero-order valence-corrected chi connectivity index (χ0v) is 41.2. The lowest BCUT2D eigenvalue weighted by Gasteiger charge is -2.34. The van der Waals surface area contributed by atoms with Crippen LogP contribution in [0, 0.1) is 17.3 Å². The smallest absolute Gasteiger partial charge is 0.293 e. The molecule has 4 unspecified atom stereocenters. The summed E-state index contributed by atoms with van der Waals surface area (Å²) in [5, 5.41) is 5.97. The van der Waals surface area contributed by atoms with Gasteiger partial charge in [-0.15, -0.1) is 0 Å². The fraction of sp³-hybridized carbons (Fsp3) is 0.509. The lowest BCUT2D eigenvalue weighted by Crippen LogP contribution is -2.59. The Morgan fingerprint density at radius 2 is 1.79 bits per heavy atom.